The molecular formula is C45H50FN6O7PS. The van der Waals surface area contributed by atoms with E-state index in [1.165, 1.54) is 42.5 Å². The number of benzene rings is 2. The number of fused-ring (bicyclic) bond motifs is 2. The van der Waals surface area contributed by atoms with Gasteiger partial charge in [-0.2, -0.15) is 5.26 Å². The molecule has 1 saturated carbocycles. The average molecular weight is 869 g/mol. The molecule has 2 N–H and O–H groups in total. The first-order chi connectivity index (χ1) is 29.5. The first-order valence-corrected chi connectivity index (χ1v) is 23.7. The van der Waals surface area contributed by atoms with E-state index in [1.807, 2.05) is 24.0 Å². The van der Waals surface area contributed by atoms with Crippen LogP contribution in [0.4, 0.5) is 4.39 Å². The molecule has 8 rings (SSSR count). The van der Waals surface area contributed by atoms with E-state index in [9.17, 15) is 29.0 Å². The number of hydrogen-bond acceptors (Lipinski definition) is 10. The van der Waals surface area contributed by atoms with E-state index >= 15 is 4.39 Å². The molecular weight excluding hydrogens is 819 g/mol. The minimum absolute atomic E-state index is 0.0166. The number of alkyl halides is 1. The molecule has 13 nitrogen and oxygen atoms in total. The van der Waals surface area contributed by atoms with Gasteiger partial charge in [-0.3, -0.25) is 28.7 Å². The lowest BCUT2D eigenvalue weighted by atomic mass is 9.85. The van der Waals surface area contributed by atoms with Crippen LogP contribution in [0.5, 0.6) is 5.75 Å². The number of thiophene rings is 1. The molecule has 3 saturated heterocycles. The number of likely N-dealkylation sites (tertiary alicyclic amines) is 1. The van der Waals surface area contributed by atoms with E-state index in [0.29, 0.717) is 47.2 Å². The predicted molar refractivity (Wildman–Crippen MR) is 227 cm³/mol. The molecule has 0 radical (unpaired) electrons. The lowest BCUT2D eigenvalue weighted by Gasteiger charge is -2.37. The fraction of sp³-hybridized carbons (Fsp3) is 0.467. The number of esters is 1. The monoisotopic (exact) mass is 868 g/mol. The molecule has 1 aliphatic carbocycles. The summed E-state index contributed by atoms with van der Waals surface area (Å²) in [6, 6.07) is 17.8. The number of hydrogen-bond donors (Lipinski definition) is 2. The number of carbonyl (C=O) groups excluding carboxylic acids is 4. The summed E-state index contributed by atoms with van der Waals surface area (Å²) in [6.07, 6.45) is 9.49. The number of nitriles is 1. The Morgan fingerprint density at radius 3 is 2.57 bits per heavy atom. The van der Waals surface area contributed by atoms with Crippen LogP contribution < -0.4 is 14.9 Å². The highest BCUT2D eigenvalue weighted by atomic mass is 32.1. The second kappa shape index (κ2) is 17.7. The van der Waals surface area contributed by atoms with Crippen molar-refractivity contribution in [2.24, 2.45) is 5.92 Å². The van der Waals surface area contributed by atoms with Crippen LogP contribution >= 0.6 is 18.9 Å². The van der Waals surface area contributed by atoms with Crippen LogP contribution in [-0.2, 0) is 23.7 Å². The zero-order valence-corrected chi connectivity index (χ0v) is 35.9. The number of halogens is 1. The van der Waals surface area contributed by atoms with E-state index in [-0.39, 0.29) is 47.6 Å². The summed E-state index contributed by atoms with van der Waals surface area (Å²) in [5, 5.41) is 16.4. The minimum atomic E-state index is -4.46. The van der Waals surface area contributed by atoms with Crippen LogP contribution in [0.1, 0.15) is 104 Å². The van der Waals surface area contributed by atoms with Gasteiger partial charge in [-0.15, -0.1) is 11.3 Å². The maximum atomic E-state index is 16.6. The first-order valence-electron chi connectivity index (χ1n) is 21.2. The third-order valence-electron chi connectivity index (χ3n) is 12.6. The summed E-state index contributed by atoms with van der Waals surface area (Å²) in [5.74, 6) is -4.15. The van der Waals surface area contributed by atoms with Gasteiger partial charge in [0.25, 0.3) is 5.91 Å². The van der Waals surface area contributed by atoms with Crippen molar-refractivity contribution in [3.05, 3.63) is 95.1 Å². The van der Waals surface area contributed by atoms with E-state index in [1.54, 1.807) is 47.6 Å². The molecule has 4 fully saturated rings. The summed E-state index contributed by atoms with van der Waals surface area (Å²) in [6.45, 7) is 3.82. The number of para-hydroxylation sites is 1. The molecule has 8 atom stereocenters. The van der Waals surface area contributed by atoms with Crippen LogP contribution in [0.3, 0.4) is 0 Å². The molecule has 2 aromatic heterocycles. The van der Waals surface area contributed by atoms with Crippen molar-refractivity contribution in [2.45, 2.75) is 113 Å². The van der Waals surface area contributed by atoms with Gasteiger partial charge in [-0.1, -0.05) is 50.1 Å². The Morgan fingerprint density at radius 1 is 1.07 bits per heavy atom. The Morgan fingerprint density at radius 2 is 1.85 bits per heavy atom. The fourth-order valence-electron chi connectivity index (χ4n) is 9.41. The van der Waals surface area contributed by atoms with E-state index in [4.69, 9.17) is 9.26 Å². The highest BCUT2D eigenvalue weighted by Crippen LogP contribution is 2.59. The molecule has 320 valence electrons. The van der Waals surface area contributed by atoms with Crippen LogP contribution in [0.15, 0.2) is 79.1 Å². The fourth-order valence-corrected chi connectivity index (χ4v) is 12.3. The van der Waals surface area contributed by atoms with Crippen LogP contribution in [0.25, 0.3) is 10.1 Å². The molecule has 1 unspecified atom stereocenters. The summed E-state index contributed by atoms with van der Waals surface area (Å²) < 4.78 is 42.5. The highest BCUT2D eigenvalue weighted by Gasteiger charge is 2.64. The molecule has 61 heavy (non-hydrogen) atoms. The molecule has 1 spiro atoms. The number of carbonyl (C=O) groups is 4. The van der Waals surface area contributed by atoms with E-state index in [2.05, 4.69) is 21.5 Å². The lowest BCUT2D eigenvalue weighted by Crippen LogP contribution is -2.57. The van der Waals surface area contributed by atoms with Crippen LogP contribution in [0, 0.1) is 17.2 Å². The number of nitrogens with one attached hydrogen (secondary N) is 2. The third-order valence-corrected chi connectivity index (χ3v) is 15.8. The minimum Gasteiger partial charge on any atom is -0.465 e. The summed E-state index contributed by atoms with van der Waals surface area (Å²) in [4.78, 5) is 63.8. The molecule has 5 heterocycles. The maximum Gasteiger partial charge on any atom is 0.355 e. The SMILES string of the molecule is CCCOC(=O)[C@H](C)NP(=O)(Oc1ccccc1)[C@@H](F)c1ccc2sc(C(=O)N[C@H]3CCCC[C@H]4CC[C@@H](C(=O)N5C[C@@H](c6cccnc6)[C@H](C#N)C56CC6)N4C3=O)cc2c1. The first kappa shape index (κ1) is 42.5. The van der Waals surface area contributed by atoms with Gasteiger partial charge in [0.05, 0.1) is 29.0 Å². The number of amides is 3. The maximum absolute atomic E-state index is 16.6. The van der Waals surface area contributed by atoms with Crippen molar-refractivity contribution >= 4 is 52.6 Å². The van der Waals surface area contributed by atoms with Crippen molar-refractivity contribution < 1.29 is 37.4 Å². The Hall–Kier alpha value is -5.16. The average Bonchev–Trinajstić information content (AvgIpc) is 3.59. The second-order valence-electron chi connectivity index (χ2n) is 16.6. The molecule has 3 amide bonds. The summed E-state index contributed by atoms with van der Waals surface area (Å²) >= 11 is 1.18. The third kappa shape index (κ3) is 8.42. The highest BCUT2D eigenvalue weighted by molar-refractivity contribution is 7.57. The largest absolute Gasteiger partial charge is 0.465 e. The van der Waals surface area contributed by atoms with Crippen LogP contribution in [-0.4, -0.2) is 81.3 Å². The van der Waals surface area contributed by atoms with Crippen molar-refractivity contribution in [1.82, 2.24) is 25.2 Å². The molecule has 4 aromatic rings. The van der Waals surface area contributed by atoms with Crippen molar-refractivity contribution in [1.29, 1.82) is 5.26 Å². The van der Waals surface area contributed by atoms with Gasteiger partial charge >= 0.3 is 13.5 Å². The smallest absolute Gasteiger partial charge is 0.355 e. The molecule has 2 aromatic carbocycles. The molecule has 4 aliphatic rings. The van der Waals surface area contributed by atoms with E-state index < -0.39 is 49.0 Å². The zero-order chi connectivity index (χ0) is 42.9. The Labute approximate surface area is 358 Å². The number of pyridine rings is 1. The zero-order valence-electron chi connectivity index (χ0n) is 34.2. The van der Waals surface area contributed by atoms with Gasteiger partial charge in [-0.25, -0.2) is 9.48 Å². The van der Waals surface area contributed by atoms with Gasteiger partial charge in [-0.05, 0) is 105 Å². The van der Waals surface area contributed by atoms with Gasteiger partial charge in [0.15, 0.2) is 0 Å². The number of ether oxygens (including phenoxy) is 1. The normalized spacial score (nSPS) is 25.1. The Bertz CT molecular complexity index is 2370. The topological polar surface area (TPSA) is 171 Å². The van der Waals surface area contributed by atoms with Crippen LogP contribution in [0.2, 0.25) is 0 Å². The predicted octanol–water partition coefficient (Wildman–Crippen LogP) is 7.80. The van der Waals surface area contributed by atoms with Gasteiger partial charge < -0.3 is 24.4 Å². The summed E-state index contributed by atoms with van der Waals surface area (Å²) in [5.41, 5.74) is 0.399. The quantitative estimate of drug-likeness (QED) is 0.0999. The molecule has 0 bridgehead atoms. The second-order valence-corrected chi connectivity index (χ2v) is 19.8. The van der Waals surface area contributed by atoms with Gasteiger partial charge in [0, 0.05) is 35.6 Å². The number of rotatable bonds is 13. The standard InChI is InChI=1S/C45H50FN6O7PS/c1-3-22-58-44(56)28(2)50-60(57,59-33-12-5-4-6-13-33)40(46)29-15-18-38-31(23-29)24-39(61-38)41(53)49-36-14-8-7-11-32-16-17-37(52(32)42(36)54)43(55)51-27-34(30-10-9-21-48-26-30)35(25-47)45(51)19-20-45/h4-6,9-10,12-13,15,18,21,23-24,26,28,32,34-37,40H,3,7-8,11,14,16-17,19-20,22,27H2,1-2H3,(H,49,53)(H,50,57)/t28-,32-,34-,35-,36-,37-,40+,60?/m0/s1. The molecule has 16 heteroatoms. The van der Waals surface area contributed by atoms with Gasteiger partial charge in [0.2, 0.25) is 17.7 Å². The van der Waals surface area contributed by atoms with Gasteiger partial charge in [0.1, 0.15) is 23.9 Å². The van der Waals surface area contributed by atoms with Crippen molar-refractivity contribution in [3.8, 4) is 11.8 Å². The Kier molecular flexibility index (Phi) is 12.3. The lowest BCUT2D eigenvalue weighted by molar-refractivity contribution is -0.148. The van der Waals surface area contributed by atoms with Crippen molar-refractivity contribution in [2.75, 3.05) is 13.2 Å². The molecule has 3 aliphatic heterocycles. The van der Waals surface area contributed by atoms with E-state index in [0.717, 1.165) is 37.7 Å². The number of nitrogens with zero attached hydrogens (tertiary/aromatic N) is 4. The Balaban J connectivity index is 0.991. The number of aromatic nitrogens is 1. The van der Waals surface area contributed by atoms with Crippen molar-refractivity contribution in [3.63, 3.8) is 0 Å². The summed E-state index contributed by atoms with van der Waals surface area (Å²) in [7, 11) is -4.46.